The molecule has 0 radical (unpaired) electrons. The number of alkyl halides is 3. The lowest BCUT2D eigenvalue weighted by molar-refractivity contribution is -0.138. The minimum absolute atomic E-state index is 0.0310. The highest BCUT2D eigenvalue weighted by Gasteiger charge is 2.35. The van der Waals surface area contributed by atoms with Gasteiger partial charge in [0, 0.05) is 25.4 Å². The summed E-state index contributed by atoms with van der Waals surface area (Å²) in [4.78, 5) is 19.6. The highest BCUT2D eigenvalue weighted by molar-refractivity contribution is 6.04. The highest BCUT2D eigenvalue weighted by atomic mass is 19.4. The van der Waals surface area contributed by atoms with E-state index in [0.29, 0.717) is 12.0 Å². The zero-order valence-corrected chi connectivity index (χ0v) is 12.1. The number of hydrogen-bond donors (Lipinski definition) is 1. The van der Waals surface area contributed by atoms with Crippen molar-refractivity contribution in [3.05, 3.63) is 35.4 Å². The standard InChI is InChI=1S/C13H14F3N5O/c1-7(2)10-18-12(21(3)20-10)19-11(22)8-4-5-17-6-9(8)13(14,15)16/h4-7H,1-3H3,(H,18,19,20,22). The molecule has 118 valence electrons. The second-order valence-corrected chi connectivity index (χ2v) is 4.95. The summed E-state index contributed by atoms with van der Waals surface area (Å²) < 4.78 is 40.0. The number of amides is 1. The van der Waals surface area contributed by atoms with Gasteiger partial charge in [0.05, 0.1) is 11.1 Å². The van der Waals surface area contributed by atoms with Crippen LogP contribution in [0.3, 0.4) is 0 Å². The summed E-state index contributed by atoms with van der Waals surface area (Å²) in [6.45, 7) is 3.73. The third-order valence-electron chi connectivity index (χ3n) is 2.89. The first-order valence-electron chi connectivity index (χ1n) is 6.43. The number of aryl methyl sites for hydroxylation is 1. The van der Waals surface area contributed by atoms with Crippen molar-refractivity contribution in [3.63, 3.8) is 0 Å². The zero-order valence-electron chi connectivity index (χ0n) is 12.1. The third-order valence-corrected chi connectivity index (χ3v) is 2.89. The van der Waals surface area contributed by atoms with Crippen molar-refractivity contribution in [2.24, 2.45) is 7.05 Å². The predicted octanol–water partition coefficient (Wildman–Crippen LogP) is 2.60. The maximum Gasteiger partial charge on any atom is 0.418 e. The van der Waals surface area contributed by atoms with Gasteiger partial charge in [-0.15, -0.1) is 0 Å². The van der Waals surface area contributed by atoms with Gasteiger partial charge < -0.3 is 0 Å². The van der Waals surface area contributed by atoms with Gasteiger partial charge in [0.1, 0.15) is 0 Å². The van der Waals surface area contributed by atoms with Crippen LogP contribution in [0.25, 0.3) is 0 Å². The molecule has 0 aliphatic carbocycles. The monoisotopic (exact) mass is 313 g/mol. The van der Waals surface area contributed by atoms with Crippen LogP contribution in [0.15, 0.2) is 18.5 Å². The molecule has 6 nitrogen and oxygen atoms in total. The van der Waals surface area contributed by atoms with E-state index in [4.69, 9.17) is 0 Å². The van der Waals surface area contributed by atoms with E-state index in [1.165, 1.54) is 4.68 Å². The summed E-state index contributed by atoms with van der Waals surface area (Å²) in [5.41, 5.74) is -1.62. The van der Waals surface area contributed by atoms with Crippen molar-refractivity contribution >= 4 is 11.9 Å². The summed E-state index contributed by atoms with van der Waals surface area (Å²) in [7, 11) is 1.55. The summed E-state index contributed by atoms with van der Waals surface area (Å²) in [5, 5.41) is 6.42. The minimum Gasteiger partial charge on any atom is -0.291 e. The Morgan fingerprint density at radius 1 is 1.36 bits per heavy atom. The molecule has 0 fully saturated rings. The molecule has 0 atom stereocenters. The maximum atomic E-state index is 12.9. The number of pyridine rings is 1. The average Bonchev–Trinajstić information content (AvgIpc) is 2.79. The molecular weight excluding hydrogens is 299 g/mol. The molecule has 2 rings (SSSR count). The Hall–Kier alpha value is -2.45. The molecule has 0 aliphatic rings. The number of aromatic nitrogens is 4. The lowest BCUT2D eigenvalue weighted by atomic mass is 10.1. The lowest BCUT2D eigenvalue weighted by Crippen LogP contribution is -2.20. The summed E-state index contributed by atoms with van der Waals surface area (Å²) in [6.07, 6.45) is -2.92. The third kappa shape index (κ3) is 3.23. The van der Waals surface area contributed by atoms with E-state index in [2.05, 4.69) is 20.4 Å². The molecule has 0 aromatic carbocycles. The second-order valence-electron chi connectivity index (χ2n) is 4.95. The Morgan fingerprint density at radius 3 is 2.59 bits per heavy atom. The van der Waals surface area contributed by atoms with Crippen LogP contribution in [-0.2, 0) is 13.2 Å². The molecule has 22 heavy (non-hydrogen) atoms. The fraction of sp³-hybridized carbons (Fsp3) is 0.385. The Labute approximate surface area is 124 Å². The normalized spacial score (nSPS) is 11.8. The summed E-state index contributed by atoms with van der Waals surface area (Å²) in [5.74, 6) is -0.314. The van der Waals surface area contributed by atoms with Gasteiger partial charge in [-0.05, 0) is 6.07 Å². The van der Waals surface area contributed by atoms with Crippen LogP contribution in [0.4, 0.5) is 19.1 Å². The summed E-state index contributed by atoms with van der Waals surface area (Å²) >= 11 is 0. The zero-order chi connectivity index (χ0) is 16.5. The first-order chi connectivity index (χ1) is 10.2. The number of nitrogens with one attached hydrogen (secondary N) is 1. The number of rotatable bonds is 3. The number of hydrogen-bond acceptors (Lipinski definition) is 4. The first-order valence-corrected chi connectivity index (χ1v) is 6.43. The molecule has 0 bridgehead atoms. The van der Waals surface area contributed by atoms with Gasteiger partial charge in [-0.25, -0.2) is 4.68 Å². The predicted molar refractivity (Wildman–Crippen MR) is 72.3 cm³/mol. The van der Waals surface area contributed by atoms with E-state index in [1.54, 1.807) is 7.05 Å². The van der Waals surface area contributed by atoms with Gasteiger partial charge in [-0.2, -0.15) is 23.3 Å². The van der Waals surface area contributed by atoms with Crippen LogP contribution < -0.4 is 5.32 Å². The van der Waals surface area contributed by atoms with Crippen LogP contribution in [0, 0.1) is 0 Å². The number of halogens is 3. The van der Waals surface area contributed by atoms with E-state index in [0.717, 1.165) is 12.3 Å². The number of anilines is 1. The fourth-order valence-corrected chi connectivity index (χ4v) is 1.74. The van der Waals surface area contributed by atoms with E-state index in [1.807, 2.05) is 13.8 Å². The number of carbonyl (C=O) groups is 1. The molecule has 0 saturated carbocycles. The van der Waals surface area contributed by atoms with Crippen molar-refractivity contribution in [2.45, 2.75) is 25.9 Å². The van der Waals surface area contributed by atoms with E-state index >= 15 is 0 Å². The number of nitrogens with zero attached hydrogens (tertiary/aromatic N) is 4. The molecule has 1 amide bonds. The van der Waals surface area contributed by atoms with Gasteiger partial charge in [0.25, 0.3) is 5.91 Å². The van der Waals surface area contributed by atoms with Crippen molar-refractivity contribution in [3.8, 4) is 0 Å². The molecule has 0 spiro atoms. The molecule has 0 saturated heterocycles. The van der Waals surface area contributed by atoms with Crippen LogP contribution in [0.2, 0.25) is 0 Å². The van der Waals surface area contributed by atoms with Crippen molar-refractivity contribution in [1.29, 1.82) is 0 Å². The van der Waals surface area contributed by atoms with E-state index in [-0.39, 0.29) is 11.9 Å². The molecule has 2 aromatic rings. The Balaban J connectivity index is 2.31. The Bertz CT molecular complexity index is 693. The second kappa shape index (κ2) is 5.74. The van der Waals surface area contributed by atoms with Crippen LogP contribution in [0.5, 0.6) is 0 Å². The van der Waals surface area contributed by atoms with Crippen molar-refractivity contribution in [1.82, 2.24) is 19.7 Å². The topological polar surface area (TPSA) is 72.7 Å². The van der Waals surface area contributed by atoms with Gasteiger partial charge in [-0.3, -0.25) is 15.1 Å². The smallest absolute Gasteiger partial charge is 0.291 e. The molecular formula is C13H14F3N5O. The Morgan fingerprint density at radius 2 is 2.05 bits per heavy atom. The summed E-state index contributed by atoms with van der Waals surface area (Å²) in [6, 6.07) is 1.01. The van der Waals surface area contributed by atoms with Gasteiger partial charge in [0.15, 0.2) is 5.82 Å². The first kappa shape index (κ1) is 15.9. The Kier molecular flexibility index (Phi) is 4.16. The van der Waals surface area contributed by atoms with Gasteiger partial charge >= 0.3 is 6.18 Å². The van der Waals surface area contributed by atoms with Crippen LogP contribution in [-0.4, -0.2) is 25.7 Å². The van der Waals surface area contributed by atoms with Crippen molar-refractivity contribution in [2.75, 3.05) is 5.32 Å². The molecule has 0 unspecified atom stereocenters. The average molecular weight is 313 g/mol. The molecule has 1 N–H and O–H groups in total. The maximum absolute atomic E-state index is 12.9. The highest BCUT2D eigenvalue weighted by Crippen LogP contribution is 2.31. The lowest BCUT2D eigenvalue weighted by Gasteiger charge is -2.11. The molecule has 2 heterocycles. The molecule has 2 aromatic heterocycles. The van der Waals surface area contributed by atoms with Crippen LogP contribution >= 0.6 is 0 Å². The quantitative estimate of drug-likeness (QED) is 0.945. The van der Waals surface area contributed by atoms with Gasteiger partial charge in [-0.1, -0.05) is 13.8 Å². The minimum atomic E-state index is -4.66. The fourth-order valence-electron chi connectivity index (χ4n) is 1.74. The SMILES string of the molecule is CC(C)c1nc(NC(=O)c2ccncc2C(F)(F)F)n(C)n1. The van der Waals surface area contributed by atoms with E-state index in [9.17, 15) is 18.0 Å². The van der Waals surface area contributed by atoms with Crippen LogP contribution in [0.1, 0.15) is 41.5 Å². The molecule has 0 aliphatic heterocycles. The number of carbonyl (C=O) groups excluding carboxylic acids is 1. The largest absolute Gasteiger partial charge is 0.418 e. The van der Waals surface area contributed by atoms with E-state index < -0.39 is 23.2 Å². The van der Waals surface area contributed by atoms with Gasteiger partial charge in [0.2, 0.25) is 5.95 Å². The van der Waals surface area contributed by atoms with Crippen molar-refractivity contribution < 1.29 is 18.0 Å². The molecule has 9 heteroatoms.